The van der Waals surface area contributed by atoms with Crippen LogP contribution in [0.2, 0.25) is 0 Å². The van der Waals surface area contributed by atoms with Crippen molar-refractivity contribution in [2.45, 2.75) is 20.4 Å². The van der Waals surface area contributed by atoms with Crippen molar-refractivity contribution in [3.8, 4) is 11.1 Å². The first-order valence-electron chi connectivity index (χ1n) is 6.08. The Morgan fingerprint density at radius 3 is 2.50 bits per heavy atom. The summed E-state index contributed by atoms with van der Waals surface area (Å²) in [6, 6.07) is 6.57. The fourth-order valence-electron chi connectivity index (χ4n) is 2.17. The second-order valence-electron chi connectivity index (χ2n) is 4.38. The van der Waals surface area contributed by atoms with Crippen LogP contribution in [0.1, 0.15) is 11.4 Å². The van der Waals surface area contributed by atoms with E-state index in [1.807, 2.05) is 25.6 Å². The van der Waals surface area contributed by atoms with E-state index in [9.17, 15) is 4.39 Å². The number of hydrogen-bond acceptors (Lipinski definition) is 2. The van der Waals surface area contributed by atoms with Crippen LogP contribution in [-0.2, 0) is 6.54 Å². The van der Waals surface area contributed by atoms with E-state index in [4.69, 9.17) is 0 Å². The van der Waals surface area contributed by atoms with Gasteiger partial charge in [-0.25, -0.2) is 4.39 Å². The van der Waals surface area contributed by atoms with E-state index < -0.39 is 0 Å². The number of likely N-dealkylation sites (N-methyl/N-ethyl adjacent to an activating group) is 1. The number of hydrogen-bond donors (Lipinski definition) is 1. The second kappa shape index (κ2) is 5.31. The molecule has 0 aliphatic rings. The maximum atomic E-state index is 12.9. The minimum Gasteiger partial charge on any atom is -0.318 e. The zero-order valence-electron chi connectivity index (χ0n) is 11.0. The van der Waals surface area contributed by atoms with Crippen molar-refractivity contribution in [2.75, 3.05) is 13.6 Å². The van der Waals surface area contributed by atoms with Crippen LogP contribution in [0.4, 0.5) is 4.39 Å². The Morgan fingerprint density at radius 1 is 1.22 bits per heavy atom. The average molecular weight is 247 g/mol. The first kappa shape index (κ1) is 12.8. The number of nitrogens with zero attached hydrogens (tertiary/aromatic N) is 2. The Labute approximate surface area is 107 Å². The van der Waals surface area contributed by atoms with Gasteiger partial charge in [0, 0.05) is 17.8 Å². The first-order valence-corrected chi connectivity index (χ1v) is 6.08. The predicted molar refractivity (Wildman–Crippen MR) is 71.0 cm³/mol. The highest BCUT2D eigenvalue weighted by atomic mass is 19.1. The van der Waals surface area contributed by atoms with E-state index in [1.165, 1.54) is 12.1 Å². The lowest BCUT2D eigenvalue weighted by Gasteiger charge is -2.05. The molecule has 0 spiro atoms. The van der Waals surface area contributed by atoms with E-state index in [-0.39, 0.29) is 5.82 Å². The number of aryl methyl sites for hydroxylation is 1. The summed E-state index contributed by atoms with van der Waals surface area (Å²) in [6.45, 7) is 5.76. The van der Waals surface area contributed by atoms with E-state index in [0.29, 0.717) is 0 Å². The van der Waals surface area contributed by atoms with Crippen molar-refractivity contribution in [2.24, 2.45) is 0 Å². The second-order valence-corrected chi connectivity index (χ2v) is 4.38. The lowest BCUT2D eigenvalue weighted by Crippen LogP contribution is -2.16. The summed E-state index contributed by atoms with van der Waals surface area (Å²) in [6.07, 6.45) is 0. The Morgan fingerprint density at radius 2 is 1.89 bits per heavy atom. The molecule has 0 saturated carbocycles. The Balaban J connectivity index is 2.38. The highest BCUT2D eigenvalue weighted by Crippen LogP contribution is 2.26. The summed E-state index contributed by atoms with van der Waals surface area (Å²) >= 11 is 0. The van der Waals surface area contributed by atoms with E-state index in [0.717, 1.165) is 35.6 Å². The van der Waals surface area contributed by atoms with Crippen LogP contribution in [0, 0.1) is 19.7 Å². The van der Waals surface area contributed by atoms with Gasteiger partial charge in [0.2, 0.25) is 0 Å². The SMILES string of the molecule is CNCCn1nc(C)c(-c2ccc(F)cc2)c1C. The molecule has 1 heterocycles. The van der Waals surface area contributed by atoms with E-state index >= 15 is 0 Å². The predicted octanol–water partition coefficient (Wildman–Crippen LogP) is 2.53. The maximum Gasteiger partial charge on any atom is 0.123 e. The number of aromatic nitrogens is 2. The summed E-state index contributed by atoms with van der Waals surface area (Å²) in [4.78, 5) is 0. The number of benzene rings is 1. The lowest BCUT2D eigenvalue weighted by molar-refractivity contribution is 0.569. The summed E-state index contributed by atoms with van der Waals surface area (Å²) in [5.74, 6) is -0.211. The molecule has 1 aromatic heterocycles. The van der Waals surface area contributed by atoms with Gasteiger partial charge in [-0.3, -0.25) is 4.68 Å². The molecular formula is C14H18FN3. The van der Waals surface area contributed by atoms with Crippen LogP contribution in [0.25, 0.3) is 11.1 Å². The average Bonchev–Trinajstić information content (AvgIpc) is 2.63. The van der Waals surface area contributed by atoms with Gasteiger partial charge in [-0.1, -0.05) is 12.1 Å². The zero-order chi connectivity index (χ0) is 13.1. The number of rotatable bonds is 4. The van der Waals surface area contributed by atoms with Gasteiger partial charge >= 0.3 is 0 Å². The highest BCUT2D eigenvalue weighted by molar-refractivity contribution is 5.68. The molecule has 0 amide bonds. The molecule has 0 aliphatic carbocycles. The zero-order valence-corrected chi connectivity index (χ0v) is 11.0. The summed E-state index contributed by atoms with van der Waals surface area (Å²) in [5, 5.41) is 7.64. The van der Waals surface area contributed by atoms with Gasteiger partial charge in [-0.05, 0) is 38.6 Å². The fraction of sp³-hybridized carbons (Fsp3) is 0.357. The molecule has 0 saturated heterocycles. The summed E-state index contributed by atoms with van der Waals surface area (Å²) in [7, 11) is 1.92. The number of halogens is 1. The molecule has 1 aromatic carbocycles. The normalized spacial score (nSPS) is 10.9. The van der Waals surface area contributed by atoms with Gasteiger partial charge in [0.05, 0.1) is 12.2 Å². The topological polar surface area (TPSA) is 29.9 Å². The molecule has 2 aromatic rings. The molecule has 0 atom stereocenters. The van der Waals surface area contributed by atoms with Crippen LogP contribution < -0.4 is 5.32 Å². The van der Waals surface area contributed by atoms with Gasteiger partial charge in [-0.2, -0.15) is 5.10 Å². The molecule has 1 N–H and O–H groups in total. The fourth-order valence-corrected chi connectivity index (χ4v) is 2.17. The lowest BCUT2D eigenvalue weighted by atomic mass is 10.0. The minimum absolute atomic E-state index is 0.211. The van der Waals surface area contributed by atoms with Crippen LogP contribution in [0.15, 0.2) is 24.3 Å². The van der Waals surface area contributed by atoms with Crippen molar-refractivity contribution in [1.82, 2.24) is 15.1 Å². The molecule has 4 heteroatoms. The number of nitrogens with one attached hydrogen (secondary N) is 1. The monoisotopic (exact) mass is 247 g/mol. The largest absolute Gasteiger partial charge is 0.318 e. The third kappa shape index (κ3) is 2.43. The molecule has 2 rings (SSSR count). The van der Waals surface area contributed by atoms with Gasteiger partial charge in [0.25, 0.3) is 0 Å². The maximum absolute atomic E-state index is 12.9. The third-order valence-corrected chi connectivity index (χ3v) is 3.09. The quantitative estimate of drug-likeness (QED) is 0.899. The summed E-state index contributed by atoms with van der Waals surface area (Å²) < 4.78 is 14.9. The molecule has 0 unspecified atom stereocenters. The standard InChI is InChI=1S/C14H18FN3/c1-10-14(12-4-6-13(15)7-5-12)11(2)18(17-10)9-8-16-3/h4-7,16H,8-9H2,1-3H3. The minimum atomic E-state index is -0.211. The Bertz CT molecular complexity index is 529. The molecule has 0 aliphatic heterocycles. The van der Waals surface area contributed by atoms with Crippen LogP contribution >= 0.6 is 0 Å². The Hall–Kier alpha value is -1.68. The van der Waals surface area contributed by atoms with Gasteiger partial charge in [0.1, 0.15) is 5.82 Å². The smallest absolute Gasteiger partial charge is 0.123 e. The molecule has 0 bridgehead atoms. The van der Waals surface area contributed by atoms with Gasteiger partial charge < -0.3 is 5.32 Å². The van der Waals surface area contributed by atoms with Crippen molar-refractivity contribution in [1.29, 1.82) is 0 Å². The van der Waals surface area contributed by atoms with Crippen molar-refractivity contribution in [3.05, 3.63) is 41.5 Å². The first-order chi connectivity index (χ1) is 8.63. The van der Waals surface area contributed by atoms with Crippen LogP contribution in [0.3, 0.4) is 0 Å². The highest BCUT2D eigenvalue weighted by Gasteiger charge is 2.12. The third-order valence-electron chi connectivity index (χ3n) is 3.09. The summed E-state index contributed by atoms with van der Waals surface area (Å²) in [5.41, 5.74) is 4.22. The van der Waals surface area contributed by atoms with Crippen LogP contribution in [-0.4, -0.2) is 23.4 Å². The molecule has 3 nitrogen and oxygen atoms in total. The molecule has 0 fully saturated rings. The van der Waals surface area contributed by atoms with Crippen molar-refractivity contribution >= 4 is 0 Å². The molecule has 18 heavy (non-hydrogen) atoms. The molecular weight excluding hydrogens is 229 g/mol. The van der Waals surface area contributed by atoms with Gasteiger partial charge in [-0.15, -0.1) is 0 Å². The van der Waals surface area contributed by atoms with Crippen molar-refractivity contribution in [3.63, 3.8) is 0 Å². The van der Waals surface area contributed by atoms with Gasteiger partial charge in [0.15, 0.2) is 0 Å². The van der Waals surface area contributed by atoms with E-state index in [2.05, 4.69) is 10.4 Å². The van der Waals surface area contributed by atoms with Crippen molar-refractivity contribution < 1.29 is 4.39 Å². The van der Waals surface area contributed by atoms with Crippen LogP contribution in [0.5, 0.6) is 0 Å². The molecule has 0 radical (unpaired) electrons. The Kier molecular flexibility index (Phi) is 3.77. The van der Waals surface area contributed by atoms with E-state index in [1.54, 1.807) is 12.1 Å². The molecule has 96 valence electrons.